The SMILES string of the molecule is Cc1cccc(C(=O)Nc2nccc(Cl)n2)n1. The predicted octanol–water partition coefficient (Wildman–Crippen LogP) is 2.09. The van der Waals surface area contributed by atoms with Gasteiger partial charge in [0, 0.05) is 11.9 Å². The number of pyridine rings is 1. The standard InChI is InChI=1S/C11H9ClN4O/c1-7-3-2-4-8(14-7)10(17)16-11-13-6-5-9(12)15-11/h2-6H,1H3,(H,13,15,16,17). The predicted molar refractivity (Wildman–Crippen MR) is 64.0 cm³/mol. The zero-order valence-electron chi connectivity index (χ0n) is 9.01. The zero-order chi connectivity index (χ0) is 12.3. The van der Waals surface area contributed by atoms with Crippen molar-refractivity contribution in [2.24, 2.45) is 0 Å². The number of hydrogen-bond donors (Lipinski definition) is 1. The molecule has 5 nitrogen and oxygen atoms in total. The number of aryl methyl sites for hydroxylation is 1. The van der Waals surface area contributed by atoms with Gasteiger partial charge >= 0.3 is 0 Å². The Kier molecular flexibility index (Phi) is 3.30. The molecule has 0 saturated carbocycles. The molecule has 2 aromatic heterocycles. The van der Waals surface area contributed by atoms with Crippen LogP contribution in [0.25, 0.3) is 0 Å². The number of carbonyl (C=O) groups is 1. The third-order valence-corrected chi connectivity index (χ3v) is 2.18. The Bertz CT molecular complexity index is 559. The molecule has 0 bridgehead atoms. The summed E-state index contributed by atoms with van der Waals surface area (Å²) in [6.07, 6.45) is 1.47. The molecule has 0 atom stereocenters. The van der Waals surface area contributed by atoms with Gasteiger partial charge in [-0.15, -0.1) is 0 Å². The molecule has 0 fully saturated rings. The highest BCUT2D eigenvalue weighted by atomic mass is 35.5. The number of carbonyl (C=O) groups excluding carboxylic acids is 1. The zero-order valence-corrected chi connectivity index (χ0v) is 9.77. The highest BCUT2D eigenvalue weighted by Gasteiger charge is 2.09. The van der Waals surface area contributed by atoms with Crippen LogP contribution in [0.1, 0.15) is 16.2 Å². The van der Waals surface area contributed by atoms with Crippen LogP contribution in [0.5, 0.6) is 0 Å². The summed E-state index contributed by atoms with van der Waals surface area (Å²) in [7, 11) is 0. The van der Waals surface area contributed by atoms with Crippen LogP contribution in [-0.2, 0) is 0 Å². The van der Waals surface area contributed by atoms with E-state index in [4.69, 9.17) is 11.6 Å². The van der Waals surface area contributed by atoms with E-state index < -0.39 is 0 Å². The van der Waals surface area contributed by atoms with Gasteiger partial charge in [0.2, 0.25) is 5.95 Å². The maximum absolute atomic E-state index is 11.8. The average molecular weight is 249 g/mol. The largest absolute Gasteiger partial charge is 0.289 e. The second-order valence-corrected chi connectivity index (χ2v) is 3.71. The topological polar surface area (TPSA) is 67.8 Å². The van der Waals surface area contributed by atoms with Crippen molar-refractivity contribution in [2.75, 3.05) is 5.32 Å². The van der Waals surface area contributed by atoms with Gasteiger partial charge in [0.1, 0.15) is 10.8 Å². The number of aromatic nitrogens is 3. The van der Waals surface area contributed by atoms with Crippen LogP contribution in [0.15, 0.2) is 30.5 Å². The molecule has 1 amide bonds. The lowest BCUT2D eigenvalue weighted by Gasteiger charge is -2.03. The van der Waals surface area contributed by atoms with E-state index in [0.29, 0.717) is 5.69 Å². The summed E-state index contributed by atoms with van der Waals surface area (Å²) in [4.78, 5) is 23.6. The van der Waals surface area contributed by atoms with Gasteiger partial charge in [0.15, 0.2) is 0 Å². The van der Waals surface area contributed by atoms with Gasteiger partial charge < -0.3 is 0 Å². The maximum Gasteiger partial charge on any atom is 0.276 e. The maximum atomic E-state index is 11.8. The Morgan fingerprint density at radius 2 is 2.12 bits per heavy atom. The minimum atomic E-state index is -0.365. The Hall–Kier alpha value is -2.01. The molecule has 1 N–H and O–H groups in total. The van der Waals surface area contributed by atoms with E-state index >= 15 is 0 Å². The third-order valence-electron chi connectivity index (χ3n) is 1.97. The lowest BCUT2D eigenvalue weighted by atomic mass is 10.3. The molecule has 0 aliphatic carbocycles. The fourth-order valence-electron chi connectivity index (χ4n) is 1.23. The Labute approximate surface area is 103 Å². The summed E-state index contributed by atoms with van der Waals surface area (Å²) in [5, 5.41) is 2.79. The average Bonchev–Trinajstić information content (AvgIpc) is 2.29. The van der Waals surface area contributed by atoms with Gasteiger partial charge in [0.05, 0.1) is 0 Å². The van der Waals surface area contributed by atoms with Crippen molar-refractivity contribution in [3.8, 4) is 0 Å². The minimum Gasteiger partial charge on any atom is -0.289 e. The van der Waals surface area contributed by atoms with E-state index in [1.54, 1.807) is 12.1 Å². The molecule has 0 saturated heterocycles. The molecule has 0 aromatic carbocycles. The van der Waals surface area contributed by atoms with Crippen LogP contribution in [-0.4, -0.2) is 20.9 Å². The molecule has 2 heterocycles. The van der Waals surface area contributed by atoms with E-state index in [2.05, 4.69) is 20.3 Å². The van der Waals surface area contributed by atoms with Gasteiger partial charge in [-0.05, 0) is 25.1 Å². The fourth-order valence-corrected chi connectivity index (χ4v) is 1.37. The van der Waals surface area contributed by atoms with Gasteiger partial charge in [-0.3, -0.25) is 10.1 Å². The van der Waals surface area contributed by atoms with Crippen LogP contribution < -0.4 is 5.32 Å². The van der Waals surface area contributed by atoms with Crippen molar-refractivity contribution in [1.29, 1.82) is 0 Å². The molecular formula is C11H9ClN4O. The van der Waals surface area contributed by atoms with Crippen LogP contribution in [0, 0.1) is 6.92 Å². The molecule has 6 heteroatoms. The summed E-state index contributed by atoms with van der Waals surface area (Å²) < 4.78 is 0. The molecule has 2 aromatic rings. The summed E-state index contributed by atoms with van der Waals surface area (Å²) in [6, 6.07) is 6.72. The van der Waals surface area contributed by atoms with Crippen LogP contribution >= 0.6 is 11.6 Å². The van der Waals surface area contributed by atoms with Crippen LogP contribution in [0.2, 0.25) is 5.15 Å². The van der Waals surface area contributed by atoms with E-state index in [1.807, 2.05) is 13.0 Å². The number of anilines is 1. The van der Waals surface area contributed by atoms with Crippen molar-refractivity contribution in [3.05, 3.63) is 47.0 Å². The number of halogens is 1. The summed E-state index contributed by atoms with van der Waals surface area (Å²) in [5.74, 6) is -0.207. The number of nitrogens with zero attached hydrogens (tertiary/aromatic N) is 3. The monoisotopic (exact) mass is 248 g/mol. The number of amides is 1. The van der Waals surface area contributed by atoms with Gasteiger partial charge in [0.25, 0.3) is 5.91 Å². The van der Waals surface area contributed by atoms with Crippen molar-refractivity contribution in [3.63, 3.8) is 0 Å². The Morgan fingerprint density at radius 3 is 2.82 bits per heavy atom. The molecule has 0 aliphatic rings. The van der Waals surface area contributed by atoms with E-state index in [-0.39, 0.29) is 17.0 Å². The first kappa shape index (κ1) is 11.5. The minimum absolute atomic E-state index is 0.158. The highest BCUT2D eigenvalue weighted by molar-refractivity contribution is 6.29. The van der Waals surface area contributed by atoms with Crippen molar-refractivity contribution in [2.45, 2.75) is 6.92 Å². The number of hydrogen-bond acceptors (Lipinski definition) is 4. The summed E-state index contributed by atoms with van der Waals surface area (Å²) >= 11 is 5.68. The lowest BCUT2D eigenvalue weighted by molar-refractivity contribution is 0.102. The second-order valence-electron chi connectivity index (χ2n) is 3.32. The molecule has 0 radical (unpaired) electrons. The lowest BCUT2D eigenvalue weighted by Crippen LogP contribution is -2.15. The van der Waals surface area contributed by atoms with Crippen LogP contribution in [0.4, 0.5) is 5.95 Å². The molecule has 0 unspecified atom stereocenters. The highest BCUT2D eigenvalue weighted by Crippen LogP contribution is 2.07. The fraction of sp³-hybridized carbons (Fsp3) is 0.0909. The first-order valence-corrected chi connectivity index (χ1v) is 5.26. The molecule has 0 spiro atoms. The Balaban J connectivity index is 2.17. The van der Waals surface area contributed by atoms with E-state index in [1.165, 1.54) is 12.3 Å². The first-order valence-electron chi connectivity index (χ1n) is 4.89. The molecular weight excluding hydrogens is 240 g/mol. The molecule has 2 rings (SSSR count). The molecule has 17 heavy (non-hydrogen) atoms. The van der Waals surface area contributed by atoms with Gasteiger partial charge in [-0.25, -0.2) is 15.0 Å². The van der Waals surface area contributed by atoms with Crippen molar-refractivity contribution >= 4 is 23.5 Å². The smallest absolute Gasteiger partial charge is 0.276 e. The quantitative estimate of drug-likeness (QED) is 0.827. The second kappa shape index (κ2) is 4.88. The van der Waals surface area contributed by atoms with E-state index in [0.717, 1.165) is 5.69 Å². The van der Waals surface area contributed by atoms with Crippen LogP contribution in [0.3, 0.4) is 0 Å². The number of rotatable bonds is 2. The van der Waals surface area contributed by atoms with Crippen molar-refractivity contribution in [1.82, 2.24) is 15.0 Å². The summed E-state index contributed by atoms with van der Waals surface area (Å²) in [6.45, 7) is 1.81. The first-order chi connectivity index (χ1) is 8.15. The van der Waals surface area contributed by atoms with Gasteiger partial charge in [-0.2, -0.15) is 0 Å². The normalized spacial score (nSPS) is 10.0. The number of nitrogens with one attached hydrogen (secondary N) is 1. The Morgan fingerprint density at radius 1 is 1.29 bits per heavy atom. The summed E-state index contributed by atoms with van der Waals surface area (Å²) in [5.41, 5.74) is 1.08. The van der Waals surface area contributed by atoms with E-state index in [9.17, 15) is 4.79 Å². The van der Waals surface area contributed by atoms with Gasteiger partial charge in [-0.1, -0.05) is 17.7 Å². The van der Waals surface area contributed by atoms with Crippen molar-refractivity contribution < 1.29 is 4.79 Å². The molecule has 0 aliphatic heterocycles. The third kappa shape index (κ3) is 2.98. The molecule has 86 valence electrons.